The number of hydrogen-bond acceptors (Lipinski definition) is 3. The van der Waals surface area contributed by atoms with Gasteiger partial charge in [-0.2, -0.15) is 0 Å². The molecule has 0 radical (unpaired) electrons. The van der Waals surface area contributed by atoms with Crippen molar-refractivity contribution >= 4 is 41.3 Å². The number of rotatable bonds is 4. The molecule has 1 heterocycles. The Hall–Kier alpha value is -1.15. The van der Waals surface area contributed by atoms with Crippen LogP contribution < -0.4 is 10.6 Å². The topological polar surface area (TPSA) is 49.3 Å². The van der Waals surface area contributed by atoms with Crippen molar-refractivity contribution in [3.05, 3.63) is 50.5 Å². The fraction of sp³-hybridized carbons (Fsp3) is 0.500. The monoisotopic (exact) mass is 484 g/mol. The van der Waals surface area contributed by atoms with Crippen LogP contribution in [0.5, 0.6) is 0 Å². The van der Waals surface area contributed by atoms with Crippen LogP contribution in [-0.4, -0.2) is 18.0 Å². The molecule has 2 N–H and O–H groups in total. The van der Waals surface area contributed by atoms with E-state index >= 15 is 0 Å². The molecule has 142 valence electrons. The number of thiazole rings is 1. The third-order valence-corrected chi connectivity index (χ3v) is 6.00. The maximum atomic E-state index is 4.58. The van der Waals surface area contributed by atoms with E-state index in [0.29, 0.717) is 6.54 Å². The van der Waals surface area contributed by atoms with E-state index in [1.165, 1.54) is 47.3 Å². The third-order valence-electron chi connectivity index (χ3n) is 4.93. The van der Waals surface area contributed by atoms with Gasteiger partial charge in [0.1, 0.15) is 5.01 Å². The van der Waals surface area contributed by atoms with Gasteiger partial charge in [-0.1, -0.05) is 18.2 Å². The highest BCUT2D eigenvalue weighted by Crippen LogP contribution is 2.24. The highest BCUT2D eigenvalue weighted by Gasteiger charge is 2.13. The molecule has 0 saturated heterocycles. The summed E-state index contributed by atoms with van der Waals surface area (Å²) >= 11 is 1.74. The zero-order chi connectivity index (χ0) is 17.8. The number of halogens is 1. The summed E-state index contributed by atoms with van der Waals surface area (Å²) in [5.41, 5.74) is 5.49. The second-order valence-corrected chi connectivity index (χ2v) is 8.06. The van der Waals surface area contributed by atoms with E-state index in [1.54, 1.807) is 11.3 Å². The number of aliphatic imine (C=N–C) groups is 1. The average molecular weight is 484 g/mol. The van der Waals surface area contributed by atoms with Crippen molar-refractivity contribution in [2.24, 2.45) is 4.99 Å². The van der Waals surface area contributed by atoms with Crippen molar-refractivity contribution in [2.75, 3.05) is 7.05 Å². The van der Waals surface area contributed by atoms with Gasteiger partial charge >= 0.3 is 0 Å². The summed E-state index contributed by atoms with van der Waals surface area (Å²) in [6.07, 6.45) is 5.08. The molecular formula is C20H29IN4S. The molecule has 0 aliphatic heterocycles. The van der Waals surface area contributed by atoms with Crippen molar-refractivity contribution in [3.8, 4) is 0 Å². The molecule has 1 aromatic carbocycles. The van der Waals surface area contributed by atoms with Gasteiger partial charge in [0.15, 0.2) is 5.96 Å². The minimum Gasteiger partial charge on any atom is -0.350 e. The average Bonchev–Trinajstić information content (AvgIpc) is 2.95. The highest BCUT2D eigenvalue weighted by atomic mass is 127. The summed E-state index contributed by atoms with van der Waals surface area (Å²) in [5, 5.41) is 7.97. The van der Waals surface area contributed by atoms with E-state index in [1.807, 2.05) is 7.05 Å². The second-order valence-electron chi connectivity index (χ2n) is 6.78. The van der Waals surface area contributed by atoms with Gasteiger partial charge in [0, 0.05) is 11.9 Å². The summed E-state index contributed by atoms with van der Waals surface area (Å²) < 4.78 is 0. The predicted octanol–water partition coefficient (Wildman–Crippen LogP) is 4.68. The lowest BCUT2D eigenvalue weighted by molar-refractivity contribution is 0.665. The standard InChI is InChI=1S/C20H28N4S.HI/c1-13-15(3)25-19(23-13)12-22-20(21-4)24-14(2)17-10-9-16-7-5-6-8-18(16)11-17;/h9-11,14H,5-8,12H2,1-4H3,(H2,21,22,24);1H. The lowest BCUT2D eigenvalue weighted by atomic mass is 9.89. The number of nitrogens with zero attached hydrogens (tertiary/aromatic N) is 2. The smallest absolute Gasteiger partial charge is 0.191 e. The number of nitrogens with one attached hydrogen (secondary N) is 2. The maximum absolute atomic E-state index is 4.58. The Labute approximate surface area is 177 Å². The van der Waals surface area contributed by atoms with Crippen LogP contribution in [0.25, 0.3) is 0 Å². The van der Waals surface area contributed by atoms with Crippen molar-refractivity contribution in [1.82, 2.24) is 15.6 Å². The van der Waals surface area contributed by atoms with Crippen molar-refractivity contribution in [2.45, 2.75) is 59.0 Å². The molecule has 0 saturated carbocycles. The molecule has 26 heavy (non-hydrogen) atoms. The fourth-order valence-corrected chi connectivity index (χ4v) is 4.15. The molecular weight excluding hydrogens is 455 g/mol. The molecule has 0 spiro atoms. The molecule has 1 atom stereocenters. The molecule has 1 aromatic heterocycles. The Kier molecular flexibility index (Phi) is 7.88. The van der Waals surface area contributed by atoms with Gasteiger partial charge in [0.05, 0.1) is 18.3 Å². The molecule has 3 rings (SSSR count). The summed E-state index contributed by atoms with van der Waals surface area (Å²) in [7, 11) is 1.81. The van der Waals surface area contributed by atoms with E-state index in [0.717, 1.165) is 16.7 Å². The molecule has 1 aliphatic rings. The van der Waals surface area contributed by atoms with Crippen LogP contribution in [0.2, 0.25) is 0 Å². The minimum atomic E-state index is 0. The Morgan fingerprint density at radius 1 is 1.23 bits per heavy atom. The lowest BCUT2D eigenvalue weighted by Gasteiger charge is -2.21. The van der Waals surface area contributed by atoms with E-state index < -0.39 is 0 Å². The van der Waals surface area contributed by atoms with Crippen molar-refractivity contribution < 1.29 is 0 Å². The summed E-state index contributed by atoms with van der Waals surface area (Å²) in [6.45, 7) is 7.06. The van der Waals surface area contributed by atoms with Crippen LogP contribution in [0.3, 0.4) is 0 Å². The van der Waals surface area contributed by atoms with Gasteiger partial charge in [-0.3, -0.25) is 4.99 Å². The van der Waals surface area contributed by atoms with E-state index in [-0.39, 0.29) is 30.0 Å². The largest absolute Gasteiger partial charge is 0.350 e. The summed E-state index contributed by atoms with van der Waals surface area (Å²) in [5.74, 6) is 0.815. The van der Waals surface area contributed by atoms with Gasteiger partial charge in [-0.25, -0.2) is 4.98 Å². The van der Waals surface area contributed by atoms with Crippen LogP contribution in [-0.2, 0) is 19.4 Å². The summed E-state index contributed by atoms with van der Waals surface area (Å²) in [4.78, 5) is 10.2. The normalized spacial score (nSPS) is 15.0. The minimum absolute atomic E-state index is 0. The van der Waals surface area contributed by atoms with E-state index in [2.05, 4.69) is 59.6 Å². The first-order chi connectivity index (χ1) is 12.1. The van der Waals surface area contributed by atoms with Gasteiger partial charge in [-0.15, -0.1) is 35.3 Å². The summed E-state index contributed by atoms with van der Waals surface area (Å²) in [6, 6.07) is 7.15. The third kappa shape index (κ3) is 5.19. The number of fused-ring (bicyclic) bond motifs is 1. The number of benzene rings is 1. The molecule has 2 aromatic rings. The zero-order valence-electron chi connectivity index (χ0n) is 16.1. The number of aryl methyl sites for hydroxylation is 4. The number of hydrogen-bond donors (Lipinski definition) is 2. The lowest BCUT2D eigenvalue weighted by Crippen LogP contribution is -2.38. The number of guanidine groups is 1. The molecule has 0 amide bonds. The van der Waals surface area contributed by atoms with Gasteiger partial charge in [0.2, 0.25) is 0 Å². The molecule has 0 bridgehead atoms. The first-order valence-electron chi connectivity index (χ1n) is 9.08. The Morgan fingerprint density at radius 2 is 1.96 bits per heavy atom. The van der Waals surface area contributed by atoms with Crippen LogP contribution in [0.1, 0.15) is 58.1 Å². The van der Waals surface area contributed by atoms with Crippen LogP contribution in [0.4, 0.5) is 0 Å². The van der Waals surface area contributed by atoms with Gasteiger partial charge < -0.3 is 10.6 Å². The molecule has 6 heteroatoms. The Bertz CT molecular complexity index is 750. The molecule has 0 fully saturated rings. The SMILES string of the molecule is CN=C(NCc1nc(C)c(C)s1)NC(C)c1ccc2c(c1)CCCC2.I. The van der Waals surface area contributed by atoms with Crippen molar-refractivity contribution in [3.63, 3.8) is 0 Å². The Morgan fingerprint density at radius 3 is 2.62 bits per heavy atom. The van der Waals surface area contributed by atoms with Gasteiger partial charge in [-0.05, 0) is 63.1 Å². The molecule has 1 unspecified atom stereocenters. The quantitative estimate of drug-likeness (QED) is 0.377. The fourth-order valence-electron chi connectivity index (χ4n) is 3.28. The first-order valence-corrected chi connectivity index (χ1v) is 9.90. The van der Waals surface area contributed by atoms with Crippen LogP contribution >= 0.6 is 35.3 Å². The second kappa shape index (κ2) is 9.69. The first kappa shape index (κ1) is 21.2. The van der Waals surface area contributed by atoms with E-state index in [9.17, 15) is 0 Å². The van der Waals surface area contributed by atoms with Gasteiger partial charge in [0.25, 0.3) is 0 Å². The number of aromatic nitrogens is 1. The van der Waals surface area contributed by atoms with Crippen LogP contribution in [0, 0.1) is 13.8 Å². The van der Waals surface area contributed by atoms with Crippen LogP contribution in [0.15, 0.2) is 23.2 Å². The molecule has 4 nitrogen and oxygen atoms in total. The molecule has 1 aliphatic carbocycles. The Balaban J connectivity index is 0.00000243. The highest BCUT2D eigenvalue weighted by molar-refractivity contribution is 14.0. The van der Waals surface area contributed by atoms with Crippen molar-refractivity contribution in [1.29, 1.82) is 0 Å². The van der Waals surface area contributed by atoms with E-state index in [4.69, 9.17) is 0 Å². The zero-order valence-corrected chi connectivity index (χ0v) is 19.2. The predicted molar refractivity (Wildman–Crippen MR) is 122 cm³/mol. The maximum Gasteiger partial charge on any atom is 0.191 e.